The van der Waals surface area contributed by atoms with E-state index in [-0.39, 0.29) is 27.9 Å². The van der Waals surface area contributed by atoms with Gasteiger partial charge in [0.15, 0.2) is 0 Å². The molecule has 10 heteroatoms. The summed E-state index contributed by atoms with van der Waals surface area (Å²) in [4.78, 5) is 24.2. The number of sulfonamides is 1. The molecule has 1 amide bonds. The summed E-state index contributed by atoms with van der Waals surface area (Å²) in [5, 5.41) is 4.01. The fourth-order valence-corrected chi connectivity index (χ4v) is 6.25. The smallest absolute Gasteiger partial charge is 0.262 e. The molecule has 4 aromatic rings. The van der Waals surface area contributed by atoms with E-state index in [0.717, 1.165) is 53.6 Å². The van der Waals surface area contributed by atoms with Gasteiger partial charge in [0.1, 0.15) is 5.69 Å². The summed E-state index contributed by atoms with van der Waals surface area (Å²) >= 11 is 0. The van der Waals surface area contributed by atoms with Crippen molar-refractivity contribution in [1.82, 2.24) is 15.3 Å². The number of carbonyl (C=O) groups excluding carboxylic acids is 1. The van der Waals surface area contributed by atoms with Crippen molar-refractivity contribution in [2.45, 2.75) is 17.7 Å². The minimum absolute atomic E-state index is 0.0229. The Bertz CT molecular complexity index is 1650. The largest absolute Gasteiger partial charge is 0.480 e. The van der Waals surface area contributed by atoms with Crippen molar-refractivity contribution in [3.8, 4) is 17.0 Å². The van der Waals surface area contributed by atoms with Gasteiger partial charge in [0.25, 0.3) is 15.9 Å². The predicted molar refractivity (Wildman–Crippen MR) is 146 cm³/mol. The Kier molecular flexibility index (Phi) is 6.11. The molecule has 1 saturated heterocycles. The normalized spacial score (nSPS) is 17.3. The zero-order valence-electron chi connectivity index (χ0n) is 20.8. The number of pyridine rings is 2. The number of amides is 1. The van der Waals surface area contributed by atoms with Gasteiger partial charge in [-0.25, -0.2) is 13.4 Å². The number of ether oxygens (including phenoxy) is 1. The van der Waals surface area contributed by atoms with Gasteiger partial charge >= 0.3 is 0 Å². The van der Waals surface area contributed by atoms with Gasteiger partial charge in [-0.1, -0.05) is 12.1 Å². The highest BCUT2D eigenvalue weighted by molar-refractivity contribution is 7.92. The molecule has 0 spiro atoms. The first kappa shape index (κ1) is 24.2. The van der Waals surface area contributed by atoms with Crippen molar-refractivity contribution in [3.05, 3.63) is 72.6 Å². The fourth-order valence-electron chi connectivity index (χ4n) is 5.16. The summed E-state index contributed by atoms with van der Waals surface area (Å²) in [6.45, 7) is 2.28. The zero-order chi connectivity index (χ0) is 26.3. The van der Waals surface area contributed by atoms with Crippen LogP contribution in [0.2, 0.25) is 0 Å². The van der Waals surface area contributed by atoms with Crippen LogP contribution >= 0.6 is 0 Å². The van der Waals surface area contributed by atoms with Crippen LogP contribution in [-0.2, 0) is 10.0 Å². The molecular weight excluding hydrogens is 502 g/mol. The van der Waals surface area contributed by atoms with E-state index in [1.165, 1.54) is 19.2 Å². The summed E-state index contributed by atoms with van der Waals surface area (Å²) in [6.07, 6.45) is 5.36. The van der Waals surface area contributed by atoms with Crippen molar-refractivity contribution in [2.24, 2.45) is 5.92 Å². The molecule has 0 saturated carbocycles. The maximum absolute atomic E-state index is 13.3. The number of nitrogens with zero attached hydrogens (tertiary/aromatic N) is 3. The van der Waals surface area contributed by atoms with E-state index < -0.39 is 10.0 Å². The van der Waals surface area contributed by atoms with Gasteiger partial charge in [-0.2, -0.15) is 0 Å². The third kappa shape index (κ3) is 4.51. The van der Waals surface area contributed by atoms with Gasteiger partial charge in [-0.15, -0.1) is 0 Å². The summed E-state index contributed by atoms with van der Waals surface area (Å²) in [6, 6.07) is 15.8. The molecule has 3 aliphatic heterocycles. The summed E-state index contributed by atoms with van der Waals surface area (Å²) in [5.74, 6) is 0.188. The Morgan fingerprint density at radius 2 is 1.82 bits per heavy atom. The van der Waals surface area contributed by atoms with Crippen LogP contribution in [0.15, 0.2) is 71.9 Å². The Labute approximate surface area is 220 Å². The van der Waals surface area contributed by atoms with E-state index >= 15 is 0 Å². The van der Waals surface area contributed by atoms with Crippen LogP contribution in [0.4, 0.5) is 11.4 Å². The van der Waals surface area contributed by atoms with Gasteiger partial charge in [0.05, 0.1) is 17.5 Å². The maximum Gasteiger partial charge on any atom is 0.262 e. The monoisotopic (exact) mass is 529 g/mol. The Balaban J connectivity index is 1.50. The molecule has 0 aliphatic carbocycles. The Morgan fingerprint density at radius 1 is 0.974 bits per heavy atom. The van der Waals surface area contributed by atoms with Crippen molar-refractivity contribution in [3.63, 3.8) is 0 Å². The number of rotatable bonds is 1. The topological polar surface area (TPSA) is 114 Å². The van der Waals surface area contributed by atoms with E-state index in [4.69, 9.17) is 4.74 Å². The highest BCUT2D eigenvalue weighted by Gasteiger charge is 2.24. The molecule has 194 valence electrons. The first-order valence-corrected chi connectivity index (χ1v) is 14.0. The second-order valence-corrected chi connectivity index (χ2v) is 11.3. The van der Waals surface area contributed by atoms with Gasteiger partial charge in [0, 0.05) is 54.2 Å². The zero-order valence-corrected chi connectivity index (χ0v) is 21.7. The third-order valence-electron chi connectivity index (χ3n) is 7.25. The van der Waals surface area contributed by atoms with Crippen LogP contribution in [0.1, 0.15) is 23.2 Å². The molecular formula is C28H27N5O4S. The van der Waals surface area contributed by atoms with Crippen LogP contribution < -0.4 is 19.7 Å². The van der Waals surface area contributed by atoms with Crippen LogP contribution in [0.5, 0.6) is 5.88 Å². The molecule has 38 heavy (non-hydrogen) atoms. The lowest BCUT2D eigenvalue weighted by atomic mass is 9.95. The summed E-state index contributed by atoms with van der Waals surface area (Å²) < 4.78 is 34.6. The van der Waals surface area contributed by atoms with E-state index in [9.17, 15) is 13.2 Å². The van der Waals surface area contributed by atoms with Crippen LogP contribution in [-0.4, -0.2) is 51.0 Å². The highest BCUT2D eigenvalue weighted by Crippen LogP contribution is 2.35. The molecule has 5 heterocycles. The molecule has 2 aromatic heterocycles. The quantitative estimate of drug-likeness (QED) is 0.382. The predicted octanol–water partition coefficient (Wildman–Crippen LogP) is 4.07. The van der Waals surface area contributed by atoms with Crippen molar-refractivity contribution in [1.29, 1.82) is 0 Å². The van der Waals surface area contributed by atoms with Crippen LogP contribution in [0.25, 0.3) is 22.0 Å². The van der Waals surface area contributed by atoms with Gasteiger partial charge in [-0.3, -0.25) is 14.5 Å². The Hall–Kier alpha value is -4.18. The molecule has 0 atom stereocenters. The summed E-state index contributed by atoms with van der Waals surface area (Å²) in [7, 11) is -2.60. The van der Waals surface area contributed by atoms with Gasteiger partial charge in [0.2, 0.25) is 5.88 Å². The maximum atomic E-state index is 13.3. The van der Waals surface area contributed by atoms with Gasteiger partial charge in [-0.05, 0) is 66.8 Å². The van der Waals surface area contributed by atoms with Crippen molar-refractivity contribution < 1.29 is 17.9 Å². The number of carbonyl (C=O) groups is 1. The average molecular weight is 530 g/mol. The SMILES string of the molecule is COc1ncc2cc1NS(=O)(=O)c1cccc(c1)C(=O)NCC1CCN(CC1)c1ccnc3ccc-2cc13. The molecule has 0 radical (unpaired) electrons. The van der Waals surface area contributed by atoms with Crippen molar-refractivity contribution >= 4 is 38.2 Å². The number of fused-ring (bicyclic) bond motifs is 5. The lowest BCUT2D eigenvalue weighted by Gasteiger charge is -2.34. The van der Waals surface area contributed by atoms with E-state index in [1.54, 1.807) is 24.4 Å². The lowest BCUT2D eigenvalue weighted by Crippen LogP contribution is -2.38. The number of aromatic nitrogens is 2. The first-order chi connectivity index (χ1) is 18.4. The molecule has 0 unspecified atom stereocenters. The fraction of sp³-hybridized carbons (Fsp3) is 0.250. The number of hydrogen-bond acceptors (Lipinski definition) is 7. The number of benzene rings is 2. The summed E-state index contributed by atoms with van der Waals surface area (Å²) in [5.41, 5.74) is 4.09. The second kappa shape index (κ2) is 9.60. The highest BCUT2D eigenvalue weighted by atomic mass is 32.2. The minimum atomic E-state index is -4.03. The number of methoxy groups -OCH3 is 1. The average Bonchev–Trinajstić information content (AvgIpc) is 2.95. The van der Waals surface area contributed by atoms with E-state index in [0.29, 0.717) is 12.5 Å². The van der Waals surface area contributed by atoms with Crippen molar-refractivity contribution in [2.75, 3.05) is 36.4 Å². The third-order valence-corrected chi connectivity index (χ3v) is 8.62. The van der Waals surface area contributed by atoms with Crippen LogP contribution in [0, 0.1) is 5.92 Å². The number of anilines is 2. The van der Waals surface area contributed by atoms with E-state index in [1.807, 2.05) is 24.4 Å². The van der Waals surface area contributed by atoms with E-state index in [2.05, 4.69) is 31.0 Å². The molecule has 2 N–H and O–H groups in total. The number of piperidine rings is 1. The lowest BCUT2D eigenvalue weighted by molar-refractivity contribution is 0.0944. The van der Waals surface area contributed by atoms with Crippen LogP contribution in [0.3, 0.4) is 0 Å². The van der Waals surface area contributed by atoms with Gasteiger partial charge < -0.3 is 15.0 Å². The molecule has 2 aromatic carbocycles. The first-order valence-electron chi connectivity index (χ1n) is 12.5. The minimum Gasteiger partial charge on any atom is -0.480 e. The molecule has 9 nitrogen and oxygen atoms in total. The number of nitrogens with one attached hydrogen (secondary N) is 2. The Morgan fingerprint density at radius 3 is 2.63 bits per heavy atom. The molecule has 7 rings (SSSR count). The molecule has 8 bridgehead atoms. The second-order valence-electron chi connectivity index (χ2n) is 9.62. The number of hydrogen-bond donors (Lipinski definition) is 2. The standard InChI is InChI=1S/C28H27N5O4S/c1-37-28-25-15-21(17-31-28)19-5-6-24-23(14-19)26(7-10-29-24)33-11-8-18(9-12-33)16-30-27(34)20-3-2-4-22(13-20)38(35,36)32-25/h2-7,10,13-15,17-18,32H,8-9,11-12,16H2,1H3,(H,30,34). The molecule has 3 aliphatic rings. The molecule has 1 fully saturated rings.